The minimum atomic E-state index is -0.0891. The summed E-state index contributed by atoms with van der Waals surface area (Å²) in [6.07, 6.45) is 1.78. The third-order valence-electron chi connectivity index (χ3n) is 3.60. The van der Waals surface area contributed by atoms with Gasteiger partial charge in [0.2, 0.25) is 0 Å². The van der Waals surface area contributed by atoms with Crippen molar-refractivity contribution in [2.75, 3.05) is 40.3 Å². The van der Waals surface area contributed by atoms with Gasteiger partial charge in [0.1, 0.15) is 5.82 Å². The Labute approximate surface area is 113 Å². The molecule has 2 heterocycles. The van der Waals surface area contributed by atoms with E-state index in [0.717, 1.165) is 37.6 Å². The molecule has 0 saturated carbocycles. The number of nitrogens with one attached hydrogen (secondary N) is 1. The number of H-pyrrole nitrogens is 1. The van der Waals surface area contributed by atoms with Crippen LogP contribution in [0.3, 0.4) is 0 Å². The Morgan fingerprint density at radius 1 is 1.47 bits per heavy atom. The maximum absolute atomic E-state index is 11.7. The molecule has 1 atom stereocenters. The molecular weight excluding hydrogens is 242 g/mol. The molecule has 1 aliphatic heterocycles. The standard InChI is InChI=1S/C13H23N5O/c1-17-6-3-7-18(2)11(9-17)13-15-10(4-5-14)8-12(19)16-13/h8,11H,3-7,9,14H2,1-2H3,(H,15,16,19). The molecule has 1 aromatic heterocycles. The highest BCUT2D eigenvalue weighted by molar-refractivity contribution is 5.07. The predicted octanol–water partition coefficient (Wildman–Crippen LogP) is -0.420. The van der Waals surface area contributed by atoms with Gasteiger partial charge >= 0.3 is 0 Å². The van der Waals surface area contributed by atoms with Crippen LogP contribution in [0.15, 0.2) is 10.9 Å². The zero-order chi connectivity index (χ0) is 13.8. The quantitative estimate of drug-likeness (QED) is 0.776. The monoisotopic (exact) mass is 265 g/mol. The Kier molecular flexibility index (Phi) is 4.68. The van der Waals surface area contributed by atoms with Crippen LogP contribution in [0.1, 0.15) is 24.0 Å². The molecule has 2 rings (SSSR count). The van der Waals surface area contributed by atoms with Crippen molar-refractivity contribution in [2.24, 2.45) is 5.73 Å². The van der Waals surface area contributed by atoms with Gasteiger partial charge in [0.25, 0.3) is 5.56 Å². The first kappa shape index (κ1) is 14.2. The van der Waals surface area contributed by atoms with Crippen molar-refractivity contribution in [3.8, 4) is 0 Å². The lowest BCUT2D eigenvalue weighted by atomic mass is 10.2. The van der Waals surface area contributed by atoms with Crippen LogP contribution in [0.2, 0.25) is 0 Å². The Hall–Kier alpha value is -1.24. The summed E-state index contributed by atoms with van der Waals surface area (Å²) in [6, 6.07) is 1.68. The van der Waals surface area contributed by atoms with E-state index >= 15 is 0 Å². The third kappa shape index (κ3) is 3.62. The molecule has 1 fully saturated rings. The molecule has 0 aromatic carbocycles. The molecule has 6 nitrogen and oxygen atoms in total. The Morgan fingerprint density at radius 3 is 3.00 bits per heavy atom. The van der Waals surface area contributed by atoms with Gasteiger partial charge in [0.15, 0.2) is 0 Å². The second-order valence-electron chi connectivity index (χ2n) is 5.27. The molecule has 3 N–H and O–H groups in total. The van der Waals surface area contributed by atoms with E-state index in [2.05, 4.69) is 33.9 Å². The van der Waals surface area contributed by atoms with E-state index in [1.165, 1.54) is 6.07 Å². The van der Waals surface area contributed by atoms with Gasteiger partial charge in [-0.05, 0) is 40.2 Å². The highest BCUT2D eigenvalue weighted by Crippen LogP contribution is 2.19. The molecule has 0 amide bonds. The number of aromatic nitrogens is 2. The van der Waals surface area contributed by atoms with Crippen molar-refractivity contribution >= 4 is 0 Å². The van der Waals surface area contributed by atoms with Gasteiger partial charge in [0, 0.05) is 24.7 Å². The molecule has 1 aliphatic rings. The van der Waals surface area contributed by atoms with Crippen LogP contribution in [-0.4, -0.2) is 60.0 Å². The van der Waals surface area contributed by atoms with Gasteiger partial charge in [-0.2, -0.15) is 0 Å². The zero-order valence-corrected chi connectivity index (χ0v) is 11.7. The van der Waals surface area contributed by atoms with Crippen molar-refractivity contribution in [2.45, 2.75) is 18.9 Å². The number of aromatic amines is 1. The van der Waals surface area contributed by atoms with Gasteiger partial charge in [-0.3, -0.25) is 9.69 Å². The van der Waals surface area contributed by atoms with Crippen molar-refractivity contribution in [1.29, 1.82) is 0 Å². The molecule has 6 heteroatoms. The number of likely N-dealkylation sites (N-methyl/N-ethyl adjacent to an activating group) is 2. The predicted molar refractivity (Wildman–Crippen MR) is 75.1 cm³/mol. The second-order valence-corrected chi connectivity index (χ2v) is 5.27. The molecular formula is C13H23N5O. The zero-order valence-electron chi connectivity index (χ0n) is 11.7. The average molecular weight is 265 g/mol. The summed E-state index contributed by atoms with van der Waals surface area (Å²) in [5.41, 5.74) is 6.23. The van der Waals surface area contributed by atoms with Crippen LogP contribution in [-0.2, 0) is 6.42 Å². The van der Waals surface area contributed by atoms with E-state index in [0.29, 0.717) is 13.0 Å². The molecule has 0 bridgehead atoms. The molecule has 106 valence electrons. The summed E-state index contributed by atoms with van der Waals surface area (Å²) in [5.74, 6) is 0.757. The normalized spacial score (nSPS) is 22.4. The van der Waals surface area contributed by atoms with Gasteiger partial charge in [0.05, 0.1) is 6.04 Å². The van der Waals surface area contributed by atoms with E-state index in [9.17, 15) is 4.79 Å². The summed E-state index contributed by atoms with van der Waals surface area (Å²) in [7, 11) is 4.19. The number of hydrogen-bond donors (Lipinski definition) is 2. The molecule has 0 aliphatic carbocycles. The van der Waals surface area contributed by atoms with E-state index in [4.69, 9.17) is 5.73 Å². The maximum Gasteiger partial charge on any atom is 0.251 e. The summed E-state index contributed by atoms with van der Waals surface area (Å²) in [4.78, 5) is 23.7. The fourth-order valence-electron chi connectivity index (χ4n) is 2.53. The lowest BCUT2D eigenvalue weighted by molar-refractivity contribution is 0.219. The third-order valence-corrected chi connectivity index (χ3v) is 3.60. The van der Waals surface area contributed by atoms with E-state index in [1.54, 1.807) is 0 Å². The van der Waals surface area contributed by atoms with Crippen molar-refractivity contribution in [1.82, 2.24) is 19.8 Å². The Bertz CT molecular complexity index is 472. The summed E-state index contributed by atoms with van der Waals surface area (Å²) < 4.78 is 0. The van der Waals surface area contributed by atoms with Gasteiger partial charge in [-0.15, -0.1) is 0 Å². The maximum atomic E-state index is 11.7. The lowest BCUT2D eigenvalue weighted by Crippen LogP contribution is -2.33. The van der Waals surface area contributed by atoms with Crippen LogP contribution < -0.4 is 11.3 Å². The Morgan fingerprint density at radius 2 is 2.26 bits per heavy atom. The number of rotatable bonds is 3. The SMILES string of the molecule is CN1CCCN(C)C(c2nc(CCN)cc(=O)[nH]2)C1. The molecule has 1 saturated heterocycles. The minimum absolute atomic E-state index is 0.0891. The molecule has 0 radical (unpaired) electrons. The van der Waals surface area contributed by atoms with E-state index in [1.807, 2.05) is 0 Å². The topological polar surface area (TPSA) is 78.2 Å². The smallest absolute Gasteiger partial charge is 0.251 e. The fraction of sp³-hybridized carbons (Fsp3) is 0.692. The first-order chi connectivity index (χ1) is 9.10. The molecule has 1 aromatic rings. The lowest BCUT2D eigenvalue weighted by Gasteiger charge is -2.26. The summed E-state index contributed by atoms with van der Waals surface area (Å²) in [6.45, 7) is 3.48. The van der Waals surface area contributed by atoms with Crippen LogP contribution in [0.5, 0.6) is 0 Å². The number of nitrogens with zero attached hydrogens (tertiary/aromatic N) is 3. The van der Waals surface area contributed by atoms with Crippen molar-refractivity contribution < 1.29 is 0 Å². The van der Waals surface area contributed by atoms with Crippen LogP contribution >= 0.6 is 0 Å². The van der Waals surface area contributed by atoms with Crippen molar-refractivity contribution in [3.05, 3.63) is 27.9 Å². The second kappa shape index (κ2) is 6.27. The summed E-state index contributed by atoms with van der Waals surface area (Å²) in [5, 5.41) is 0. The van der Waals surface area contributed by atoms with Crippen molar-refractivity contribution in [3.63, 3.8) is 0 Å². The highest BCUT2D eigenvalue weighted by atomic mass is 16.1. The number of hydrogen-bond acceptors (Lipinski definition) is 5. The van der Waals surface area contributed by atoms with Gasteiger partial charge in [-0.25, -0.2) is 4.98 Å². The highest BCUT2D eigenvalue weighted by Gasteiger charge is 2.24. The first-order valence-electron chi connectivity index (χ1n) is 6.79. The Balaban J connectivity index is 2.30. The van der Waals surface area contributed by atoms with Crippen LogP contribution in [0.4, 0.5) is 0 Å². The van der Waals surface area contributed by atoms with Gasteiger partial charge < -0.3 is 15.6 Å². The largest absolute Gasteiger partial charge is 0.330 e. The molecule has 19 heavy (non-hydrogen) atoms. The first-order valence-corrected chi connectivity index (χ1v) is 6.79. The average Bonchev–Trinajstić information content (AvgIpc) is 2.51. The van der Waals surface area contributed by atoms with E-state index in [-0.39, 0.29) is 11.6 Å². The van der Waals surface area contributed by atoms with Crippen LogP contribution in [0, 0.1) is 0 Å². The molecule has 1 unspecified atom stereocenters. The fourth-order valence-corrected chi connectivity index (χ4v) is 2.53. The minimum Gasteiger partial charge on any atom is -0.330 e. The van der Waals surface area contributed by atoms with Gasteiger partial charge in [-0.1, -0.05) is 0 Å². The van der Waals surface area contributed by atoms with E-state index < -0.39 is 0 Å². The summed E-state index contributed by atoms with van der Waals surface area (Å²) >= 11 is 0. The number of nitrogens with two attached hydrogens (primary N) is 1. The van der Waals surface area contributed by atoms with Crippen LogP contribution in [0.25, 0.3) is 0 Å². The molecule has 0 spiro atoms.